The van der Waals surface area contributed by atoms with Crippen LogP contribution in [0, 0.1) is 13.8 Å². The van der Waals surface area contributed by atoms with E-state index >= 15 is 0 Å². The first kappa shape index (κ1) is 16.0. The Kier molecular flexibility index (Phi) is 4.76. The van der Waals surface area contributed by atoms with E-state index in [1.807, 2.05) is 27.7 Å². The van der Waals surface area contributed by atoms with Gasteiger partial charge in [-0.3, -0.25) is 0 Å². The second kappa shape index (κ2) is 5.94. The summed E-state index contributed by atoms with van der Waals surface area (Å²) in [7, 11) is 0. The lowest BCUT2D eigenvalue weighted by Crippen LogP contribution is -2.45. The second-order valence-electron chi connectivity index (χ2n) is 5.59. The molecule has 0 bridgehead atoms. The van der Waals surface area contributed by atoms with Crippen LogP contribution in [0.25, 0.3) is 0 Å². The average molecular weight is 278 g/mol. The normalized spacial score (nSPS) is 11.1. The third-order valence-electron chi connectivity index (χ3n) is 3.49. The third-order valence-corrected chi connectivity index (χ3v) is 3.49. The number of rotatable bonds is 4. The maximum atomic E-state index is 11.9. The molecule has 5 heteroatoms. The van der Waals surface area contributed by atoms with Gasteiger partial charge in [0.1, 0.15) is 0 Å². The minimum Gasteiger partial charge on any atom is -0.478 e. The van der Waals surface area contributed by atoms with Crippen molar-refractivity contribution in [3.8, 4) is 0 Å². The monoisotopic (exact) mass is 278 g/mol. The predicted octanol–water partition coefficient (Wildman–Crippen LogP) is 3.31. The van der Waals surface area contributed by atoms with Gasteiger partial charge in [0.25, 0.3) is 0 Å². The summed E-state index contributed by atoms with van der Waals surface area (Å²) in [5, 5.41) is 14.7. The number of nitrogens with one attached hydrogen (secondary N) is 2. The van der Waals surface area contributed by atoms with Crippen LogP contribution in [0.1, 0.15) is 48.7 Å². The van der Waals surface area contributed by atoms with Crippen molar-refractivity contribution in [1.29, 1.82) is 0 Å². The van der Waals surface area contributed by atoms with Gasteiger partial charge in [-0.1, -0.05) is 6.92 Å². The molecule has 0 aliphatic rings. The summed E-state index contributed by atoms with van der Waals surface area (Å²) in [6, 6.07) is 2.90. The molecule has 3 N–H and O–H groups in total. The average Bonchev–Trinajstić information content (AvgIpc) is 2.32. The smallest absolute Gasteiger partial charge is 0.336 e. The molecular formula is C15H22N2O3. The number of carboxylic acids is 1. The number of carboxylic acid groups (broad SMARTS) is 1. The quantitative estimate of drug-likeness (QED) is 0.790. The number of aryl methyl sites for hydroxylation is 1. The third kappa shape index (κ3) is 3.98. The highest BCUT2D eigenvalue weighted by atomic mass is 16.4. The molecular weight excluding hydrogens is 256 g/mol. The van der Waals surface area contributed by atoms with Gasteiger partial charge in [0, 0.05) is 11.2 Å². The zero-order valence-electron chi connectivity index (χ0n) is 12.6. The van der Waals surface area contributed by atoms with Crippen molar-refractivity contribution >= 4 is 17.7 Å². The first-order valence-electron chi connectivity index (χ1n) is 6.60. The highest BCUT2D eigenvalue weighted by molar-refractivity contribution is 5.94. The Bertz CT molecular complexity index is 536. The highest BCUT2D eigenvalue weighted by Gasteiger charge is 2.18. The number of amides is 2. The molecule has 1 aromatic carbocycles. The van der Waals surface area contributed by atoms with Crippen molar-refractivity contribution in [2.24, 2.45) is 0 Å². The first-order chi connectivity index (χ1) is 9.16. The van der Waals surface area contributed by atoms with Crippen LogP contribution < -0.4 is 10.6 Å². The van der Waals surface area contributed by atoms with Crippen LogP contribution >= 0.6 is 0 Å². The molecule has 0 aliphatic carbocycles. The maximum absolute atomic E-state index is 11.9. The van der Waals surface area contributed by atoms with E-state index in [1.165, 1.54) is 6.07 Å². The van der Waals surface area contributed by atoms with E-state index in [9.17, 15) is 9.59 Å². The molecule has 0 saturated carbocycles. The number of urea groups is 1. The summed E-state index contributed by atoms with van der Waals surface area (Å²) in [5.41, 5.74) is 1.91. The van der Waals surface area contributed by atoms with E-state index in [2.05, 4.69) is 10.6 Å². The molecule has 0 fully saturated rings. The summed E-state index contributed by atoms with van der Waals surface area (Å²) in [6.07, 6.45) is 0.799. The molecule has 2 amide bonds. The van der Waals surface area contributed by atoms with Gasteiger partial charge in [0.15, 0.2) is 0 Å². The van der Waals surface area contributed by atoms with Crippen molar-refractivity contribution < 1.29 is 14.7 Å². The van der Waals surface area contributed by atoms with Crippen molar-refractivity contribution in [2.45, 2.75) is 46.6 Å². The van der Waals surface area contributed by atoms with E-state index in [0.717, 1.165) is 12.0 Å². The van der Waals surface area contributed by atoms with E-state index in [0.29, 0.717) is 11.3 Å². The molecule has 0 aliphatic heterocycles. The summed E-state index contributed by atoms with van der Waals surface area (Å²) in [5.74, 6) is -0.997. The fraction of sp³-hybridized carbons (Fsp3) is 0.467. The van der Waals surface area contributed by atoms with Crippen LogP contribution in [0.3, 0.4) is 0 Å². The Balaban J connectivity index is 2.94. The molecule has 0 atom stereocenters. The fourth-order valence-corrected chi connectivity index (χ4v) is 1.71. The standard InChI is InChI=1S/C15H22N2O3/c1-6-15(4,5)17-14(20)16-11-7-9(2)10(3)12(8-11)13(18)19/h7-8H,6H2,1-5H3,(H,18,19)(H2,16,17,20). The number of benzene rings is 1. The Hall–Kier alpha value is -2.04. The lowest BCUT2D eigenvalue weighted by Gasteiger charge is -2.24. The Labute approximate surface area is 119 Å². The number of carbonyl (C=O) groups is 2. The largest absolute Gasteiger partial charge is 0.478 e. The lowest BCUT2D eigenvalue weighted by molar-refractivity contribution is 0.0696. The summed E-state index contributed by atoms with van der Waals surface area (Å²) in [6.45, 7) is 9.41. The molecule has 0 heterocycles. The molecule has 5 nitrogen and oxygen atoms in total. The van der Waals surface area contributed by atoms with Crippen LogP contribution in [-0.2, 0) is 0 Å². The van der Waals surface area contributed by atoms with Gasteiger partial charge in [-0.25, -0.2) is 9.59 Å². The van der Waals surface area contributed by atoms with Crippen LogP contribution in [0.4, 0.5) is 10.5 Å². The molecule has 20 heavy (non-hydrogen) atoms. The van der Waals surface area contributed by atoms with Gasteiger partial charge >= 0.3 is 12.0 Å². The van der Waals surface area contributed by atoms with Crippen molar-refractivity contribution in [3.63, 3.8) is 0 Å². The van der Waals surface area contributed by atoms with Crippen molar-refractivity contribution in [3.05, 3.63) is 28.8 Å². The van der Waals surface area contributed by atoms with Crippen LogP contribution in [0.2, 0.25) is 0 Å². The minimum absolute atomic E-state index is 0.204. The molecule has 0 saturated heterocycles. The Morgan fingerprint density at radius 1 is 1.25 bits per heavy atom. The van der Waals surface area contributed by atoms with Crippen molar-refractivity contribution in [1.82, 2.24) is 5.32 Å². The zero-order valence-corrected chi connectivity index (χ0v) is 12.6. The topological polar surface area (TPSA) is 78.4 Å². The van der Waals surface area contributed by atoms with Gasteiger partial charge in [-0.15, -0.1) is 0 Å². The van der Waals surface area contributed by atoms with Crippen LogP contribution in [0.5, 0.6) is 0 Å². The summed E-state index contributed by atoms with van der Waals surface area (Å²) < 4.78 is 0. The van der Waals surface area contributed by atoms with Crippen molar-refractivity contribution in [2.75, 3.05) is 5.32 Å². The van der Waals surface area contributed by atoms with Gasteiger partial charge in [-0.05, 0) is 57.4 Å². The van der Waals surface area contributed by atoms with Gasteiger partial charge in [0.2, 0.25) is 0 Å². The van der Waals surface area contributed by atoms with Crippen LogP contribution in [-0.4, -0.2) is 22.6 Å². The predicted molar refractivity (Wildman–Crippen MR) is 79.4 cm³/mol. The molecule has 0 unspecified atom stereocenters. The number of aromatic carboxylic acids is 1. The zero-order chi connectivity index (χ0) is 15.5. The molecule has 0 aromatic heterocycles. The molecule has 1 rings (SSSR count). The number of hydrogen-bond acceptors (Lipinski definition) is 2. The molecule has 1 aromatic rings. The summed E-state index contributed by atoms with van der Waals surface area (Å²) in [4.78, 5) is 23.1. The minimum atomic E-state index is -0.997. The Morgan fingerprint density at radius 2 is 1.85 bits per heavy atom. The van der Waals surface area contributed by atoms with Gasteiger partial charge < -0.3 is 15.7 Å². The molecule has 110 valence electrons. The fourth-order valence-electron chi connectivity index (χ4n) is 1.71. The number of hydrogen-bond donors (Lipinski definition) is 3. The SMILES string of the molecule is CCC(C)(C)NC(=O)Nc1cc(C)c(C)c(C(=O)O)c1. The number of carbonyl (C=O) groups excluding carboxylic acids is 1. The summed E-state index contributed by atoms with van der Waals surface area (Å²) >= 11 is 0. The van der Waals surface area contributed by atoms with Gasteiger partial charge in [-0.2, -0.15) is 0 Å². The van der Waals surface area contributed by atoms with E-state index in [-0.39, 0.29) is 17.1 Å². The maximum Gasteiger partial charge on any atom is 0.336 e. The molecule has 0 spiro atoms. The van der Waals surface area contributed by atoms with E-state index in [1.54, 1.807) is 13.0 Å². The lowest BCUT2D eigenvalue weighted by atomic mass is 10.0. The number of anilines is 1. The molecule has 0 radical (unpaired) electrons. The Morgan fingerprint density at radius 3 is 2.35 bits per heavy atom. The van der Waals surface area contributed by atoms with Crippen LogP contribution in [0.15, 0.2) is 12.1 Å². The van der Waals surface area contributed by atoms with Gasteiger partial charge in [0.05, 0.1) is 5.56 Å². The highest BCUT2D eigenvalue weighted by Crippen LogP contribution is 2.20. The first-order valence-corrected chi connectivity index (χ1v) is 6.60. The van der Waals surface area contributed by atoms with E-state index < -0.39 is 5.97 Å². The van der Waals surface area contributed by atoms with E-state index in [4.69, 9.17) is 5.11 Å². The second-order valence-corrected chi connectivity index (χ2v) is 5.59.